The molecule has 3 aromatic rings. The van der Waals surface area contributed by atoms with Crippen molar-refractivity contribution in [2.75, 3.05) is 13.1 Å². The molecule has 1 aliphatic rings. The van der Waals surface area contributed by atoms with Gasteiger partial charge in [0.1, 0.15) is 12.8 Å². The van der Waals surface area contributed by atoms with Crippen LogP contribution in [0.3, 0.4) is 0 Å². The Balaban J connectivity index is 1.37. The number of likely N-dealkylation sites (tertiary alicyclic amines) is 1. The summed E-state index contributed by atoms with van der Waals surface area (Å²) in [5, 5.41) is 8.21. The number of nitrogens with zero attached hydrogens (tertiary/aromatic N) is 5. The number of amides is 1. The molecule has 146 valence electrons. The summed E-state index contributed by atoms with van der Waals surface area (Å²) in [6, 6.07) is 1.77. The summed E-state index contributed by atoms with van der Waals surface area (Å²) in [6.07, 6.45) is 6.02. The van der Waals surface area contributed by atoms with Crippen LogP contribution in [-0.4, -0.2) is 43.6 Å². The van der Waals surface area contributed by atoms with Crippen LogP contribution in [0.15, 0.2) is 38.5 Å². The fourth-order valence-corrected chi connectivity index (χ4v) is 3.31. The first kappa shape index (κ1) is 18.1. The number of rotatable bonds is 4. The standard InChI is InChI=1S/C19H21N5O4/c1-12-13(2)20-11-24(19(12)26)9-16(25)23-6-3-14(4-7-23)17-21-22-18(28-17)15-5-8-27-10-15/h5,8,10-11,14H,3-4,6-7,9H2,1-2H3. The monoisotopic (exact) mass is 383 g/mol. The number of piperidine rings is 1. The Labute approximate surface area is 161 Å². The maximum atomic E-state index is 12.6. The molecule has 0 N–H and O–H groups in total. The molecule has 9 nitrogen and oxygen atoms in total. The lowest BCUT2D eigenvalue weighted by molar-refractivity contribution is -0.133. The summed E-state index contributed by atoms with van der Waals surface area (Å²) in [5.74, 6) is 1.04. The van der Waals surface area contributed by atoms with Crippen molar-refractivity contribution in [2.24, 2.45) is 0 Å². The number of hydrogen-bond acceptors (Lipinski definition) is 7. The van der Waals surface area contributed by atoms with Gasteiger partial charge in [0.2, 0.25) is 11.8 Å². The van der Waals surface area contributed by atoms with Gasteiger partial charge in [-0.2, -0.15) is 0 Å². The van der Waals surface area contributed by atoms with E-state index in [1.807, 2.05) is 0 Å². The van der Waals surface area contributed by atoms with Gasteiger partial charge in [0, 0.05) is 30.3 Å². The molecule has 3 aromatic heterocycles. The van der Waals surface area contributed by atoms with E-state index in [1.54, 1.807) is 37.3 Å². The average molecular weight is 383 g/mol. The van der Waals surface area contributed by atoms with Crippen LogP contribution in [0.25, 0.3) is 11.5 Å². The molecule has 4 heterocycles. The zero-order chi connectivity index (χ0) is 19.7. The molecule has 0 spiro atoms. The molecule has 0 atom stereocenters. The van der Waals surface area contributed by atoms with Crippen molar-refractivity contribution >= 4 is 5.91 Å². The van der Waals surface area contributed by atoms with Crippen LogP contribution in [0, 0.1) is 13.8 Å². The minimum atomic E-state index is -0.173. The molecule has 0 saturated carbocycles. The maximum absolute atomic E-state index is 12.6. The van der Waals surface area contributed by atoms with E-state index in [-0.39, 0.29) is 23.9 Å². The molecule has 4 rings (SSSR count). The molecule has 9 heteroatoms. The minimum Gasteiger partial charge on any atom is -0.472 e. The molecule has 0 radical (unpaired) electrons. The van der Waals surface area contributed by atoms with Gasteiger partial charge < -0.3 is 13.7 Å². The van der Waals surface area contributed by atoms with Crippen LogP contribution >= 0.6 is 0 Å². The second-order valence-corrected chi connectivity index (χ2v) is 7.00. The molecule has 1 amide bonds. The fourth-order valence-electron chi connectivity index (χ4n) is 3.31. The molecular formula is C19H21N5O4. The lowest BCUT2D eigenvalue weighted by Crippen LogP contribution is -2.41. The van der Waals surface area contributed by atoms with E-state index in [9.17, 15) is 9.59 Å². The van der Waals surface area contributed by atoms with Crippen molar-refractivity contribution < 1.29 is 13.6 Å². The molecule has 1 aliphatic heterocycles. The van der Waals surface area contributed by atoms with Gasteiger partial charge in [-0.15, -0.1) is 10.2 Å². The molecule has 0 aromatic carbocycles. The van der Waals surface area contributed by atoms with Crippen molar-refractivity contribution in [1.29, 1.82) is 0 Å². The number of furan rings is 1. The largest absolute Gasteiger partial charge is 0.472 e. The summed E-state index contributed by atoms with van der Waals surface area (Å²) < 4.78 is 12.2. The van der Waals surface area contributed by atoms with E-state index in [4.69, 9.17) is 8.83 Å². The minimum absolute atomic E-state index is 0.00279. The van der Waals surface area contributed by atoms with E-state index in [1.165, 1.54) is 10.9 Å². The first-order valence-corrected chi connectivity index (χ1v) is 9.19. The molecular weight excluding hydrogens is 362 g/mol. The molecule has 0 bridgehead atoms. The van der Waals surface area contributed by atoms with Crippen LogP contribution in [0.5, 0.6) is 0 Å². The second kappa shape index (κ2) is 7.41. The van der Waals surface area contributed by atoms with Crippen LogP contribution in [0.2, 0.25) is 0 Å². The summed E-state index contributed by atoms with van der Waals surface area (Å²) in [7, 11) is 0. The Kier molecular flexibility index (Phi) is 4.81. The van der Waals surface area contributed by atoms with Crippen molar-refractivity contribution in [1.82, 2.24) is 24.6 Å². The van der Waals surface area contributed by atoms with E-state index < -0.39 is 0 Å². The van der Waals surface area contributed by atoms with Crippen LogP contribution in [-0.2, 0) is 11.3 Å². The highest BCUT2D eigenvalue weighted by Gasteiger charge is 2.28. The predicted molar refractivity (Wildman–Crippen MR) is 98.5 cm³/mol. The summed E-state index contributed by atoms with van der Waals surface area (Å²) in [5.41, 5.74) is 1.83. The third kappa shape index (κ3) is 3.47. The Morgan fingerprint density at radius 2 is 2.04 bits per heavy atom. The third-order valence-corrected chi connectivity index (χ3v) is 5.23. The molecule has 0 unspecified atom stereocenters. The average Bonchev–Trinajstić information content (AvgIpc) is 3.40. The maximum Gasteiger partial charge on any atom is 0.256 e. The SMILES string of the molecule is Cc1ncn(CC(=O)N2CCC(c3nnc(-c4ccoc4)o3)CC2)c(=O)c1C. The third-order valence-electron chi connectivity index (χ3n) is 5.23. The molecule has 28 heavy (non-hydrogen) atoms. The lowest BCUT2D eigenvalue weighted by Gasteiger charge is -2.30. The highest BCUT2D eigenvalue weighted by atomic mass is 16.4. The van der Waals surface area contributed by atoms with Gasteiger partial charge >= 0.3 is 0 Å². The molecule has 1 saturated heterocycles. The van der Waals surface area contributed by atoms with Gasteiger partial charge in [-0.3, -0.25) is 14.2 Å². The van der Waals surface area contributed by atoms with Crippen molar-refractivity contribution in [3.8, 4) is 11.5 Å². The van der Waals surface area contributed by atoms with E-state index in [0.717, 1.165) is 18.4 Å². The highest BCUT2D eigenvalue weighted by Crippen LogP contribution is 2.29. The van der Waals surface area contributed by atoms with Crippen LogP contribution in [0.1, 0.15) is 35.9 Å². The first-order valence-electron chi connectivity index (χ1n) is 9.19. The Morgan fingerprint density at radius 3 is 2.75 bits per heavy atom. The number of aromatic nitrogens is 4. The van der Waals surface area contributed by atoms with Gasteiger partial charge in [0.15, 0.2) is 0 Å². The Hall–Kier alpha value is -3.23. The van der Waals surface area contributed by atoms with Crippen LogP contribution in [0.4, 0.5) is 0 Å². The number of carbonyl (C=O) groups excluding carboxylic acids is 1. The van der Waals surface area contributed by atoms with Crippen molar-refractivity contribution in [2.45, 2.75) is 39.2 Å². The zero-order valence-corrected chi connectivity index (χ0v) is 15.8. The van der Waals surface area contributed by atoms with Gasteiger partial charge in [0.25, 0.3) is 11.4 Å². The van der Waals surface area contributed by atoms with Gasteiger partial charge in [-0.05, 0) is 32.8 Å². The molecule has 1 fully saturated rings. The zero-order valence-electron chi connectivity index (χ0n) is 15.8. The summed E-state index contributed by atoms with van der Waals surface area (Å²) in [6.45, 7) is 4.67. The number of hydrogen-bond donors (Lipinski definition) is 0. The Bertz CT molecular complexity index is 1030. The Morgan fingerprint density at radius 1 is 1.25 bits per heavy atom. The van der Waals surface area contributed by atoms with Crippen LogP contribution < -0.4 is 5.56 Å². The molecule has 0 aliphatic carbocycles. The highest BCUT2D eigenvalue weighted by molar-refractivity contribution is 5.76. The lowest BCUT2D eigenvalue weighted by atomic mass is 9.97. The quantitative estimate of drug-likeness (QED) is 0.677. The number of aryl methyl sites for hydroxylation is 1. The smallest absolute Gasteiger partial charge is 0.256 e. The fraction of sp³-hybridized carbons (Fsp3) is 0.421. The summed E-state index contributed by atoms with van der Waals surface area (Å²) >= 11 is 0. The normalized spacial score (nSPS) is 15.1. The predicted octanol–water partition coefficient (Wildman–Crippen LogP) is 1.91. The number of carbonyl (C=O) groups is 1. The van der Waals surface area contributed by atoms with Gasteiger partial charge in [-0.1, -0.05) is 0 Å². The van der Waals surface area contributed by atoms with E-state index in [2.05, 4.69) is 15.2 Å². The topological polar surface area (TPSA) is 107 Å². The second-order valence-electron chi connectivity index (χ2n) is 7.00. The summed E-state index contributed by atoms with van der Waals surface area (Å²) in [4.78, 5) is 30.8. The van der Waals surface area contributed by atoms with E-state index >= 15 is 0 Å². The van der Waals surface area contributed by atoms with E-state index in [0.29, 0.717) is 36.1 Å². The van der Waals surface area contributed by atoms with Gasteiger partial charge in [-0.25, -0.2) is 4.98 Å². The van der Waals surface area contributed by atoms with Crippen molar-refractivity contribution in [3.63, 3.8) is 0 Å². The van der Waals surface area contributed by atoms with Gasteiger partial charge in [0.05, 0.1) is 18.2 Å². The first-order chi connectivity index (χ1) is 13.5. The van der Waals surface area contributed by atoms with Crippen molar-refractivity contribution in [3.05, 3.63) is 52.4 Å².